The molecule has 156 valence electrons. The number of anilines is 1. The molecular formula is C23H18N2O3S3. The molecule has 3 fully saturated rings. The summed E-state index contributed by atoms with van der Waals surface area (Å²) >= 11 is 4.77. The molecule has 1 saturated heterocycles. The summed E-state index contributed by atoms with van der Waals surface area (Å²) in [6, 6.07) is 13.5. The van der Waals surface area contributed by atoms with Gasteiger partial charge in [0.2, 0.25) is 11.8 Å². The Hall–Kier alpha value is -2.16. The van der Waals surface area contributed by atoms with Gasteiger partial charge in [0, 0.05) is 20.9 Å². The van der Waals surface area contributed by atoms with Crippen LogP contribution in [-0.4, -0.2) is 22.0 Å². The minimum Gasteiger partial charge on any atom is -0.307 e. The van der Waals surface area contributed by atoms with Crippen LogP contribution in [0.5, 0.6) is 0 Å². The van der Waals surface area contributed by atoms with Crippen molar-refractivity contribution in [2.24, 2.45) is 29.6 Å². The SMILES string of the molecule is O=C1C2C3CC(C2C(=O)N1c1ccccc1)C1C(c2cccs2)c2sc(=O)[nH]c2SC31. The molecule has 7 rings (SSSR count). The van der Waals surface area contributed by atoms with Crippen molar-refractivity contribution in [2.75, 3.05) is 4.90 Å². The van der Waals surface area contributed by atoms with Crippen molar-refractivity contribution < 1.29 is 9.59 Å². The molecule has 3 aromatic rings. The van der Waals surface area contributed by atoms with Gasteiger partial charge in [-0.25, -0.2) is 0 Å². The zero-order valence-corrected chi connectivity index (χ0v) is 18.7. The number of nitrogens with one attached hydrogen (secondary N) is 1. The van der Waals surface area contributed by atoms with E-state index < -0.39 is 0 Å². The molecule has 8 heteroatoms. The first-order chi connectivity index (χ1) is 15.1. The van der Waals surface area contributed by atoms with E-state index in [0.717, 1.165) is 16.3 Å². The van der Waals surface area contributed by atoms with Crippen molar-refractivity contribution in [3.8, 4) is 0 Å². The lowest BCUT2D eigenvalue weighted by atomic mass is 9.69. The number of carbonyl (C=O) groups is 2. The molecule has 1 aromatic carbocycles. The quantitative estimate of drug-likeness (QED) is 0.576. The fraction of sp³-hybridized carbons (Fsp3) is 0.348. The highest BCUT2D eigenvalue weighted by Gasteiger charge is 2.69. The molecule has 2 aromatic heterocycles. The van der Waals surface area contributed by atoms with E-state index in [2.05, 4.69) is 22.5 Å². The number of thioether (sulfide) groups is 1. The fourth-order valence-electron chi connectivity index (χ4n) is 6.64. The van der Waals surface area contributed by atoms with Gasteiger partial charge in [-0.05, 0) is 47.8 Å². The molecule has 2 aliphatic carbocycles. The number of thiophene rings is 1. The molecule has 2 aliphatic heterocycles. The number of benzene rings is 1. The van der Waals surface area contributed by atoms with Crippen LogP contribution in [0.4, 0.5) is 5.69 Å². The number of fused-ring (bicyclic) bond motifs is 9. The molecule has 31 heavy (non-hydrogen) atoms. The van der Waals surface area contributed by atoms with Gasteiger partial charge in [0.05, 0.1) is 22.5 Å². The van der Waals surface area contributed by atoms with Gasteiger partial charge in [-0.15, -0.1) is 23.1 Å². The summed E-state index contributed by atoms with van der Waals surface area (Å²) < 4.78 is 0. The van der Waals surface area contributed by atoms with Gasteiger partial charge < -0.3 is 4.98 Å². The van der Waals surface area contributed by atoms with E-state index in [1.807, 2.05) is 30.3 Å². The van der Waals surface area contributed by atoms with Crippen molar-refractivity contribution in [1.82, 2.24) is 4.98 Å². The van der Waals surface area contributed by atoms with Crippen LogP contribution in [0.25, 0.3) is 0 Å². The van der Waals surface area contributed by atoms with Crippen LogP contribution < -0.4 is 9.77 Å². The van der Waals surface area contributed by atoms with Crippen molar-refractivity contribution in [3.63, 3.8) is 0 Å². The molecule has 0 radical (unpaired) electrons. The van der Waals surface area contributed by atoms with Crippen LogP contribution in [0.2, 0.25) is 0 Å². The summed E-state index contributed by atoms with van der Waals surface area (Å²) in [6.07, 6.45) is 0.929. The number of aromatic amines is 1. The third-order valence-electron chi connectivity index (χ3n) is 7.59. The number of imide groups is 1. The highest BCUT2D eigenvalue weighted by atomic mass is 32.2. The van der Waals surface area contributed by atoms with Gasteiger partial charge in [0.1, 0.15) is 0 Å². The predicted octanol–water partition coefficient (Wildman–Crippen LogP) is 4.18. The highest BCUT2D eigenvalue weighted by Crippen LogP contribution is 2.68. The van der Waals surface area contributed by atoms with Crippen LogP contribution in [0.3, 0.4) is 0 Å². The Bertz CT molecular complexity index is 1260. The highest BCUT2D eigenvalue weighted by molar-refractivity contribution is 8.00. The van der Waals surface area contributed by atoms with E-state index in [1.165, 1.54) is 21.1 Å². The topological polar surface area (TPSA) is 70.2 Å². The van der Waals surface area contributed by atoms with Gasteiger partial charge >= 0.3 is 4.87 Å². The van der Waals surface area contributed by atoms with Crippen LogP contribution in [-0.2, 0) is 9.59 Å². The lowest BCUT2D eigenvalue weighted by molar-refractivity contribution is -0.123. The van der Waals surface area contributed by atoms with E-state index in [9.17, 15) is 14.4 Å². The smallest absolute Gasteiger partial charge is 0.305 e. The number of amides is 2. The minimum absolute atomic E-state index is 0.0195. The number of carbonyl (C=O) groups excluding carboxylic acids is 2. The lowest BCUT2D eigenvalue weighted by Crippen LogP contribution is -2.42. The zero-order valence-electron chi connectivity index (χ0n) is 16.3. The Morgan fingerprint density at radius 3 is 2.45 bits per heavy atom. The molecule has 1 N–H and O–H groups in total. The Morgan fingerprint density at radius 2 is 1.71 bits per heavy atom. The van der Waals surface area contributed by atoms with E-state index in [1.54, 1.807) is 23.1 Å². The molecule has 0 spiro atoms. The van der Waals surface area contributed by atoms with Crippen molar-refractivity contribution in [2.45, 2.75) is 22.6 Å². The largest absolute Gasteiger partial charge is 0.307 e. The van der Waals surface area contributed by atoms with Crippen LogP contribution in [0.1, 0.15) is 22.1 Å². The second-order valence-corrected chi connectivity index (χ2v) is 12.0. The Morgan fingerprint density at radius 1 is 0.935 bits per heavy atom. The third kappa shape index (κ3) is 2.36. The summed E-state index contributed by atoms with van der Waals surface area (Å²) in [4.78, 5) is 46.1. The standard InChI is InChI=1S/C23H18N2O3S3/c26-21-15-11-9-12(16(15)22(27)25(21)10-5-2-1-3-6-10)18-14(11)17(13-7-4-8-29-13)19-20(30-18)24-23(28)31-19/h1-8,11-12,14-18H,9H2,(H,24,28). The zero-order chi connectivity index (χ0) is 20.9. The number of hydrogen-bond acceptors (Lipinski definition) is 6. The molecule has 2 saturated carbocycles. The van der Waals surface area contributed by atoms with Gasteiger partial charge in [0.15, 0.2) is 0 Å². The average molecular weight is 467 g/mol. The number of hydrogen-bond donors (Lipinski definition) is 1. The number of thiazole rings is 1. The van der Waals surface area contributed by atoms with E-state index in [0.29, 0.717) is 5.69 Å². The van der Waals surface area contributed by atoms with Crippen molar-refractivity contribution in [1.29, 1.82) is 0 Å². The summed E-state index contributed by atoms with van der Waals surface area (Å²) in [6.45, 7) is 0. The van der Waals surface area contributed by atoms with E-state index >= 15 is 0 Å². The van der Waals surface area contributed by atoms with Crippen molar-refractivity contribution >= 4 is 51.9 Å². The normalized spacial score (nSPS) is 35.4. The molecule has 2 amide bonds. The van der Waals surface area contributed by atoms with Gasteiger partial charge in [0.25, 0.3) is 0 Å². The number of H-pyrrole nitrogens is 1. The molecule has 4 heterocycles. The molecule has 7 unspecified atom stereocenters. The number of aromatic nitrogens is 1. The van der Waals surface area contributed by atoms with Gasteiger partial charge in [-0.1, -0.05) is 35.6 Å². The molecule has 5 nitrogen and oxygen atoms in total. The number of para-hydroxylation sites is 1. The predicted molar refractivity (Wildman–Crippen MR) is 122 cm³/mol. The van der Waals surface area contributed by atoms with Crippen LogP contribution in [0.15, 0.2) is 57.7 Å². The first-order valence-corrected chi connectivity index (χ1v) is 13.1. The van der Waals surface area contributed by atoms with Crippen molar-refractivity contribution in [3.05, 3.63) is 67.3 Å². The number of rotatable bonds is 2. The first-order valence-electron chi connectivity index (χ1n) is 10.5. The van der Waals surface area contributed by atoms with E-state index in [-0.39, 0.29) is 57.4 Å². The Labute approximate surface area is 190 Å². The van der Waals surface area contributed by atoms with Gasteiger partial charge in [-0.3, -0.25) is 19.3 Å². The lowest BCUT2D eigenvalue weighted by Gasteiger charge is -2.42. The summed E-state index contributed by atoms with van der Waals surface area (Å²) in [5.74, 6) is 0.224. The van der Waals surface area contributed by atoms with Gasteiger partial charge in [-0.2, -0.15) is 0 Å². The summed E-state index contributed by atoms with van der Waals surface area (Å²) in [7, 11) is 0. The second-order valence-electron chi connectivity index (χ2n) is 8.82. The Kier molecular flexibility index (Phi) is 3.82. The maximum atomic E-state index is 13.6. The average Bonchev–Trinajstić information content (AvgIpc) is 3.56. The summed E-state index contributed by atoms with van der Waals surface area (Å²) in [5, 5.41) is 3.30. The monoisotopic (exact) mass is 466 g/mol. The third-order valence-corrected chi connectivity index (χ3v) is 11.1. The summed E-state index contributed by atoms with van der Waals surface area (Å²) in [5.41, 5.74) is 0.681. The molecular weight excluding hydrogens is 448 g/mol. The van der Waals surface area contributed by atoms with E-state index in [4.69, 9.17) is 0 Å². The first kappa shape index (κ1) is 18.4. The van der Waals surface area contributed by atoms with Crippen LogP contribution >= 0.6 is 34.4 Å². The van der Waals surface area contributed by atoms with Crippen LogP contribution in [0, 0.1) is 29.6 Å². The second kappa shape index (κ2) is 6.43. The molecule has 2 bridgehead atoms. The molecule has 4 aliphatic rings. The molecule has 7 atom stereocenters. The Balaban J connectivity index is 1.34. The maximum absolute atomic E-state index is 13.6. The minimum atomic E-state index is -0.237. The maximum Gasteiger partial charge on any atom is 0.305 e. The fourth-order valence-corrected chi connectivity index (χ4v) is 10.5. The number of nitrogens with zero attached hydrogens (tertiary/aromatic N) is 1.